The van der Waals surface area contributed by atoms with Gasteiger partial charge >= 0.3 is 0 Å². The molecule has 1 N–H and O–H groups in total. The molecule has 5 heteroatoms. The molecule has 3 rings (SSSR count). The summed E-state index contributed by atoms with van der Waals surface area (Å²) in [5.41, 5.74) is 0.925. The zero-order valence-corrected chi connectivity index (χ0v) is 16.5. The summed E-state index contributed by atoms with van der Waals surface area (Å²) in [5, 5.41) is 6.37. The van der Waals surface area contributed by atoms with Crippen molar-refractivity contribution in [2.45, 2.75) is 51.1 Å². The second-order valence-electron chi connectivity index (χ2n) is 6.52. The fraction of sp³-hybridized carbons (Fsp3) is 0.450. The van der Waals surface area contributed by atoms with Gasteiger partial charge in [0, 0.05) is 10.9 Å². The Labute approximate surface area is 160 Å². The van der Waals surface area contributed by atoms with Gasteiger partial charge in [0.1, 0.15) is 5.75 Å². The highest BCUT2D eigenvalue weighted by atomic mass is 32.1. The van der Waals surface area contributed by atoms with Gasteiger partial charge in [-0.2, -0.15) is 0 Å². The van der Waals surface area contributed by atoms with Gasteiger partial charge in [-0.25, -0.2) is 0 Å². The van der Waals surface area contributed by atoms with E-state index in [0.29, 0.717) is 6.04 Å². The van der Waals surface area contributed by atoms with E-state index in [-0.39, 0.29) is 6.04 Å². The van der Waals surface area contributed by atoms with Crippen molar-refractivity contribution in [3.8, 4) is 5.75 Å². The van der Waals surface area contributed by atoms with Crippen LogP contribution in [0.25, 0.3) is 0 Å². The molecule has 25 heavy (non-hydrogen) atoms. The second kappa shape index (κ2) is 8.68. The van der Waals surface area contributed by atoms with Crippen molar-refractivity contribution >= 4 is 34.4 Å². The SMILES string of the molecule is COc1ccccc1NC(=S)N(C1CCCCC1)[C@@H](C)c1cccs1. The molecule has 0 aliphatic heterocycles. The van der Waals surface area contributed by atoms with Crippen molar-refractivity contribution in [3.63, 3.8) is 0 Å². The molecule has 3 nitrogen and oxygen atoms in total. The number of ether oxygens (including phenoxy) is 1. The lowest BCUT2D eigenvalue weighted by Gasteiger charge is -2.40. The maximum absolute atomic E-state index is 5.86. The number of hydrogen-bond acceptors (Lipinski definition) is 3. The fourth-order valence-electron chi connectivity index (χ4n) is 3.61. The average molecular weight is 375 g/mol. The van der Waals surface area contributed by atoms with Crippen LogP contribution >= 0.6 is 23.6 Å². The summed E-state index contributed by atoms with van der Waals surface area (Å²) in [4.78, 5) is 3.77. The predicted octanol–water partition coefficient (Wildman–Crippen LogP) is 5.85. The van der Waals surface area contributed by atoms with Crippen molar-refractivity contribution < 1.29 is 4.74 Å². The molecular weight excluding hydrogens is 348 g/mol. The molecule has 1 aliphatic carbocycles. The number of methoxy groups -OCH3 is 1. The predicted molar refractivity (Wildman–Crippen MR) is 111 cm³/mol. The third kappa shape index (κ3) is 4.33. The summed E-state index contributed by atoms with van der Waals surface area (Å²) >= 11 is 7.66. The van der Waals surface area contributed by atoms with Crippen LogP contribution in [0.1, 0.15) is 49.9 Å². The number of rotatable bonds is 5. The molecule has 1 aliphatic rings. The first-order valence-corrected chi connectivity index (χ1v) is 10.2. The second-order valence-corrected chi connectivity index (χ2v) is 7.89. The van der Waals surface area contributed by atoms with E-state index in [1.54, 1.807) is 18.4 Å². The Balaban J connectivity index is 1.83. The highest BCUT2D eigenvalue weighted by Gasteiger charge is 2.29. The lowest BCUT2D eigenvalue weighted by molar-refractivity contribution is 0.205. The molecule has 0 bridgehead atoms. The molecule has 0 spiro atoms. The van der Waals surface area contributed by atoms with Gasteiger partial charge in [-0.15, -0.1) is 11.3 Å². The average Bonchev–Trinajstić information content (AvgIpc) is 3.18. The van der Waals surface area contributed by atoms with Crippen LogP contribution < -0.4 is 10.1 Å². The molecule has 0 saturated heterocycles. The van der Waals surface area contributed by atoms with Crippen LogP contribution in [0.4, 0.5) is 5.69 Å². The molecule has 0 unspecified atom stereocenters. The minimum Gasteiger partial charge on any atom is -0.495 e. The summed E-state index contributed by atoms with van der Waals surface area (Å²) in [6.07, 6.45) is 6.34. The Morgan fingerprint density at radius 3 is 2.64 bits per heavy atom. The number of thiocarbonyl (C=S) groups is 1. The van der Waals surface area contributed by atoms with Crippen LogP contribution in [0.15, 0.2) is 41.8 Å². The first kappa shape index (κ1) is 18.2. The topological polar surface area (TPSA) is 24.5 Å². The Hall–Kier alpha value is -1.59. The van der Waals surface area contributed by atoms with Crippen LogP contribution in [0.5, 0.6) is 5.75 Å². The molecule has 1 aromatic carbocycles. The van der Waals surface area contributed by atoms with E-state index in [0.717, 1.165) is 16.5 Å². The minimum atomic E-state index is 0.276. The van der Waals surface area contributed by atoms with E-state index in [9.17, 15) is 0 Å². The molecule has 1 atom stereocenters. The van der Waals surface area contributed by atoms with E-state index in [1.807, 2.05) is 24.3 Å². The first-order chi connectivity index (χ1) is 12.2. The van der Waals surface area contributed by atoms with Crippen molar-refractivity contribution in [2.24, 2.45) is 0 Å². The van der Waals surface area contributed by atoms with Crippen LogP contribution in [0, 0.1) is 0 Å². The molecule has 1 fully saturated rings. The molecular formula is C20H26N2OS2. The highest BCUT2D eigenvalue weighted by molar-refractivity contribution is 7.80. The number of nitrogens with one attached hydrogen (secondary N) is 1. The minimum absolute atomic E-state index is 0.276. The Morgan fingerprint density at radius 2 is 1.96 bits per heavy atom. The van der Waals surface area contributed by atoms with Gasteiger partial charge in [-0.05, 0) is 55.6 Å². The Morgan fingerprint density at radius 1 is 1.20 bits per heavy atom. The number of benzene rings is 1. The van der Waals surface area contributed by atoms with Crippen molar-refractivity contribution in [3.05, 3.63) is 46.7 Å². The zero-order valence-electron chi connectivity index (χ0n) is 14.9. The van der Waals surface area contributed by atoms with E-state index >= 15 is 0 Å². The van der Waals surface area contributed by atoms with Gasteiger partial charge in [-0.1, -0.05) is 37.5 Å². The van der Waals surface area contributed by atoms with Crippen LogP contribution in [-0.2, 0) is 0 Å². The maximum Gasteiger partial charge on any atom is 0.174 e. The largest absolute Gasteiger partial charge is 0.495 e. The first-order valence-electron chi connectivity index (χ1n) is 8.96. The molecule has 0 amide bonds. The summed E-state index contributed by atoms with van der Waals surface area (Å²) in [7, 11) is 1.69. The van der Waals surface area contributed by atoms with Crippen molar-refractivity contribution in [2.75, 3.05) is 12.4 Å². The number of anilines is 1. The summed E-state index contributed by atoms with van der Waals surface area (Å²) < 4.78 is 5.47. The Kier molecular flexibility index (Phi) is 6.32. The smallest absolute Gasteiger partial charge is 0.174 e. The number of nitrogens with zero attached hydrogens (tertiary/aromatic N) is 1. The van der Waals surface area contributed by atoms with Gasteiger partial charge in [-0.3, -0.25) is 0 Å². The van der Waals surface area contributed by atoms with Crippen molar-refractivity contribution in [1.82, 2.24) is 4.90 Å². The zero-order chi connectivity index (χ0) is 17.6. The Bertz CT molecular complexity index is 681. The third-order valence-electron chi connectivity index (χ3n) is 4.92. The maximum atomic E-state index is 5.86. The summed E-state index contributed by atoms with van der Waals surface area (Å²) in [5.74, 6) is 0.817. The van der Waals surface area contributed by atoms with Crippen LogP contribution in [0.2, 0.25) is 0 Å². The monoisotopic (exact) mass is 374 g/mol. The quantitative estimate of drug-likeness (QED) is 0.664. The van der Waals surface area contributed by atoms with Crippen LogP contribution in [0.3, 0.4) is 0 Å². The van der Waals surface area contributed by atoms with Crippen molar-refractivity contribution in [1.29, 1.82) is 0 Å². The lowest BCUT2D eigenvalue weighted by Crippen LogP contribution is -2.45. The number of hydrogen-bond donors (Lipinski definition) is 1. The molecule has 1 aromatic heterocycles. The normalized spacial score (nSPS) is 16.2. The lowest BCUT2D eigenvalue weighted by atomic mass is 9.93. The third-order valence-corrected chi connectivity index (χ3v) is 6.28. The standard InChI is InChI=1S/C20H26N2OS2/c1-15(19-13-8-14-25-19)22(16-9-4-3-5-10-16)20(24)21-17-11-6-7-12-18(17)23-2/h6-8,11-16H,3-5,9-10H2,1-2H3,(H,21,24)/t15-/m0/s1. The van der Waals surface area contributed by atoms with Gasteiger partial charge in [0.2, 0.25) is 0 Å². The van der Waals surface area contributed by atoms with Gasteiger partial charge in [0.05, 0.1) is 18.8 Å². The van der Waals surface area contributed by atoms with Gasteiger partial charge < -0.3 is 15.0 Å². The fourth-order valence-corrected chi connectivity index (χ4v) is 4.81. The van der Waals surface area contributed by atoms with E-state index in [1.165, 1.54) is 37.0 Å². The molecule has 2 aromatic rings. The molecule has 1 heterocycles. The molecule has 134 valence electrons. The number of para-hydroxylation sites is 2. The molecule has 0 radical (unpaired) electrons. The highest BCUT2D eigenvalue weighted by Crippen LogP contribution is 2.33. The van der Waals surface area contributed by atoms with E-state index < -0.39 is 0 Å². The van der Waals surface area contributed by atoms with E-state index in [2.05, 4.69) is 34.7 Å². The summed E-state index contributed by atoms with van der Waals surface area (Å²) in [6.45, 7) is 2.26. The van der Waals surface area contributed by atoms with Crippen LogP contribution in [-0.4, -0.2) is 23.2 Å². The van der Waals surface area contributed by atoms with Gasteiger partial charge in [0.15, 0.2) is 5.11 Å². The van der Waals surface area contributed by atoms with E-state index in [4.69, 9.17) is 17.0 Å². The van der Waals surface area contributed by atoms with Gasteiger partial charge in [0.25, 0.3) is 0 Å². The number of thiophene rings is 1. The molecule has 1 saturated carbocycles. The summed E-state index contributed by atoms with van der Waals surface area (Å²) in [6, 6.07) is 13.0.